The first-order valence-electron chi connectivity index (χ1n) is 5.34. The molecule has 0 aromatic rings. The molecule has 0 amide bonds. The van der Waals surface area contributed by atoms with Crippen LogP contribution in [0.5, 0.6) is 0 Å². The van der Waals surface area contributed by atoms with Gasteiger partial charge in [-0.3, -0.25) is 4.90 Å². The van der Waals surface area contributed by atoms with Crippen LogP contribution in [0.2, 0.25) is 0 Å². The van der Waals surface area contributed by atoms with E-state index in [2.05, 4.69) is 30.8 Å². The third kappa shape index (κ3) is 3.53. The Morgan fingerprint density at radius 3 is 2.93 bits per heavy atom. The van der Waals surface area contributed by atoms with Crippen molar-refractivity contribution in [2.75, 3.05) is 46.9 Å². The van der Waals surface area contributed by atoms with Gasteiger partial charge in [0.2, 0.25) is 0 Å². The first-order valence-corrected chi connectivity index (χ1v) is 5.34. The molecular formula is C10H23N3O. The first kappa shape index (κ1) is 11.9. The monoisotopic (exact) mass is 201 g/mol. The number of nitrogens with two attached hydrogens (primary N) is 1. The van der Waals surface area contributed by atoms with Gasteiger partial charge in [-0.2, -0.15) is 0 Å². The molecule has 4 heteroatoms. The molecule has 2 unspecified atom stereocenters. The zero-order valence-corrected chi connectivity index (χ0v) is 9.57. The zero-order valence-electron chi connectivity index (χ0n) is 9.57. The largest absolute Gasteiger partial charge is 0.374 e. The van der Waals surface area contributed by atoms with Gasteiger partial charge in [0.05, 0.1) is 12.7 Å². The maximum Gasteiger partial charge on any atom is 0.0829 e. The second-order valence-corrected chi connectivity index (χ2v) is 4.28. The third-order valence-corrected chi connectivity index (χ3v) is 2.93. The van der Waals surface area contributed by atoms with Crippen LogP contribution >= 0.6 is 0 Å². The van der Waals surface area contributed by atoms with Crippen molar-refractivity contribution in [1.29, 1.82) is 0 Å². The summed E-state index contributed by atoms with van der Waals surface area (Å²) in [7, 11) is 4.25. The second-order valence-electron chi connectivity index (χ2n) is 4.28. The summed E-state index contributed by atoms with van der Waals surface area (Å²) in [6.07, 6.45) is 0.341. The van der Waals surface area contributed by atoms with Crippen LogP contribution in [0.15, 0.2) is 0 Å². The predicted octanol–water partition coefficient (Wildman–Crippen LogP) is -0.404. The summed E-state index contributed by atoms with van der Waals surface area (Å²) in [6.45, 7) is 6.76. The van der Waals surface area contributed by atoms with Crippen LogP contribution in [0.4, 0.5) is 0 Å². The topological polar surface area (TPSA) is 41.7 Å². The van der Waals surface area contributed by atoms with Gasteiger partial charge in [-0.05, 0) is 21.0 Å². The van der Waals surface area contributed by atoms with Crippen LogP contribution < -0.4 is 5.73 Å². The van der Waals surface area contributed by atoms with Crippen molar-refractivity contribution in [1.82, 2.24) is 9.80 Å². The Morgan fingerprint density at radius 2 is 2.36 bits per heavy atom. The molecule has 2 N–H and O–H groups in total. The van der Waals surface area contributed by atoms with Crippen LogP contribution in [-0.2, 0) is 4.74 Å². The molecule has 0 aromatic carbocycles. The van der Waals surface area contributed by atoms with Gasteiger partial charge in [0.15, 0.2) is 0 Å². The molecule has 0 bridgehead atoms. The van der Waals surface area contributed by atoms with E-state index in [-0.39, 0.29) is 0 Å². The maximum absolute atomic E-state index is 5.69. The summed E-state index contributed by atoms with van der Waals surface area (Å²) in [5.41, 5.74) is 5.61. The van der Waals surface area contributed by atoms with E-state index in [1.54, 1.807) is 0 Å². The van der Waals surface area contributed by atoms with Crippen LogP contribution in [-0.4, -0.2) is 68.8 Å². The smallest absolute Gasteiger partial charge is 0.0829 e. The number of ether oxygens (including phenoxy) is 1. The van der Waals surface area contributed by atoms with Crippen LogP contribution in [0.25, 0.3) is 0 Å². The highest BCUT2D eigenvalue weighted by molar-refractivity contribution is 4.74. The summed E-state index contributed by atoms with van der Waals surface area (Å²) in [6, 6.07) is 0.436. The molecule has 1 rings (SSSR count). The fourth-order valence-corrected chi connectivity index (χ4v) is 1.66. The summed E-state index contributed by atoms with van der Waals surface area (Å²) in [5, 5.41) is 0. The molecule has 0 saturated carbocycles. The highest BCUT2D eigenvalue weighted by Crippen LogP contribution is 2.05. The van der Waals surface area contributed by atoms with Gasteiger partial charge in [-0.1, -0.05) is 0 Å². The molecule has 1 saturated heterocycles. The highest BCUT2D eigenvalue weighted by atomic mass is 16.5. The van der Waals surface area contributed by atoms with Gasteiger partial charge in [-0.15, -0.1) is 0 Å². The predicted molar refractivity (Wildman–Crippen MR) is 58.4 cm³/mol. The highest BCUT2D eigenvalue weighted by Gasteiger charge is 2.20. The van der Waals surface area contributed by atoms with E-state index in [4.69, 9.17) is 10.5 Å². The van der Waals surface area contributed by atoms with Crippen molar-refractivity contribution in [2.24, 2.45) is 5.73 Å². The van der Waals surface area contributed by atoms with Gasteiger partial charge < -0.3 is 15.4 Å². The summed E-state index contributed by atoms with van der Waals surface area (Å²) in [4.78, 5) is 4.58. The molecule has 14 heavy (non-hydrogen) atoms. The lowest BCUT2D eigenvalue weighted by Gasteiger charge is -2.34. The van der Waals surface area contributed by atoms with Gasteiger partial charge in [0.25, 0.3) is 0 Å². The Kier molecular flexibility index (Phi) is 4.81. The van der Waals surface area contributed by atoms with Crippen molar-refractivity contribution in [3.05, 3.63) is 0 Å². The first-order chi connectivity index (χ1) is 6.63. The summed E-state index contributed by atoms with van der Waals surface area (Å²) >= 11 is 0. The van der Waals surface area contributed by atoms with E-state index in [1.165, 1.54) is 0 Å². The molecule has 0 aliphatic carbocycles. The lowest BCUT2D eigenvalue weighted by Crippen LogP contribution is -2.48. The molecule has 4 nitrogen and oxygen atoms in total. The van der Waals surface area contributed by atoms with E-state index in [9.17, 15) is 0 Å². The number of hydrogen-bond acceptors (Lipinski definition) is 4. The lowest BCUT2D eigenvalue weighted by atomic mass is 10.2. The molecule has 0 spiro atoms. The number of morpholine rings is 1. The van der Waals surface area contributed by atoms with Gasteiger partial charge >= 0.3 is 0 Å². The van der Waals surface area contributed by atoms with Gasteiger partial charge in [0.1, 0.15) is 0 Å². The molecular weight excluding hydrogens is 178 g/mol. The minimum atomic E-state index is 0.341. The average molecular weight is 201 g/mol. The van der Waals surface area contributed by atoms with Crippen molar-refractivity contribution in [2.45, 2.75) is 19.1 Å². The number of likely N-dealkylation sites (N-methyl/N-ethyl adjacent to an activating group) is 2. The molecule has 1 fully saturated rings. The normalized spacial score (nSPS) is 26.8. The van der Waals surface area contributed by atoms with E-state index in [0.717, 1.165) is 26.2 Å². The molecule has 0 aromatic heterocycles. The quantitative estimate of drug-likeness (QED) is 0.672. The van der Waals surface area contributed by atoms with Crippen LogP contribution in [0.1, 0.15) is 6.92 Å². The molecule has 2 atom stereocenters. The Hall–Kier alpha value is -0.160. The SMILES string of the molecule is CC(CN)N(C)CC1CN(C)CCO1. The van der Waals surface area contributed by atoms with Crippen molar-refractivity contribution < 1.29 is 4.74 Å². The molecule has 84 valence electrons. The Bertz CT molecular complexity index is 165. The number of rotatable bonds is 4. The Labute approximate surface area is 87.0 Å². The average Bonchev–Trinajstić information content (AvgIpc) is 2.16. The van der Waals surface area contributed by atoms with E-state index >= 15 is 0 Å². The van der Waals surface area contributed by atoms with E-state index in [0.29, 0.717) is 18.7 Å². The lowest BCUT2D eigenvalue weighted by molar-refractivity contribution is -0.0361. The van der Waals surface area contributed by atoms with Gasteiger partial charge in [0, 0.05) is 32.2 Å². The van der Waals surface area contributed by atoms with Crippen LogP contribution in [0.3, 0.4) is 0 Å². The van der Waals surface area contributed by atoms with E-state index < -0.39 is 0 Å². The third-order valence-electron chi connectivity index (χ3n) is 2.93. The molecule has 1 aliphatic rings. The van der Waals surface area contributed by atoms with Crippen molar-refractivity contribution in [3.63, 3.8) is 0 Å². The second kappa shape index (κ2) is 5.66. The van der Waals surface area contributed by atoms with Crippen molar-refractivity contribution in [3.8, 4) is 0 Å². The number of hydrogen-bond donors (Lipinski definition) is 1. The number of nitrogens with zero attached hydrogens (tertiary/aromatic N) is 2. The molecule has 1 aliphatic heterocycles. The maximum atomic E-state index is 5.69. The van der Waals surface area contributed by atoms with E-state index in [1.807, 2.05) is 0 Å². The fraction of sp³-hybridized carbons (Fsp3) is 1.00. The minimum Gasteiger partial charge on any atom is -0.374 e. The Balaban J connectivity index is 2.28. The molecule has 1 heterocycles. The summed E-state index contributed by atoms with van der Waals surface area (Å²) in [5.74, 6) is 0. The standard InChI is InChI=1S/C10H23N3O/c1-9(6-11)13(3)8-10-7-12(2)4-5-14-10/h9-10H,4-8,11H2,1-3H3. The van der Waals surface area contributed by atoms with Gasteiger partial charge in [-0.25, -0.2) is 0 Å². The molecule has 0 radical (unpaired) electrons. The fourth-order valence-electron chi connectivity index (χ4n) is 1.66. The minimum absolute atomic E-state index is 0.341. The summed E-state index contributed by atoms with van der Waals surface area (Å²) < 4.78 is 5.69. The Morgan fingerprint density at radius 1 is 1.64 bits per heavy atom. The van der Waals surface area contributed by atoms with Crippen LogP contribution in [0, 0.1) is 0 Å². The zero-order chi connectivity index (χ0) is 10.6. The van der Waals surface area contributed by atoms with Crippen molar-refractivity contribution >= 4 is 0 Å².